The molecule has 0 aliphatic rings. The molecule has 0 saturated carbocycles. The number of hydrogen-bond donors (Lipinski definition) is 0. The molecule has 140 valence electrons. The Balaban J connectivity index is 1.98. The van der Waals surface area contributed by atoms with Crippen molar-refractivity contribution >= 4 is 35.0 Å². The lowest BCUT2D eigenvalue weighted by molar-refractivity contribution is -0.129. The molecule has 0 radical (unpaired) electrons. The van der Waals surface area contributed by atoms with Gasteiger partial charge in [-0.1, -0.05) is 38.0 Å². The highest BCUT2D eigenvalue weighted by molar-refractivity contribution is 8.00. The van der Waals surface area contributed by atoms with E-state index in [2.05, 4.69) is 11.9 Å². The third kappa shape index (κ3) is 6.46. The van der Waals surface area contributed by atoms with Crippen molar-refractivity contribution in [2.24, 2.45) is 0 Å². The lowest BCUT2D eigenvalue weighted by Crippen LogP contribution is -2.33. The normalized spacial score (nSPS) is 10.5. The van der Waals surface area contributed by atoms with Crippen LogP contribution < -0.4 is 0 Å². The summed E-state index contributed by atoms with van der Waals surface area (Å²) in [6, 6.07) is 9.90. The molecule has 2 rings (SSSR count). The minimum Gasteiger partial charge on any atom is -0.464 e. The Morgan fingerprint density at radius 1 is 1.23 bits per heavy atom. The largest absolute Gasteiger partial charge is 0.464 e. The van der Waals surface area contributed by atoms with E-state index in [1.807, 2.05) is 35.2 Å². The second-order valence-corrected chi connectivity index (χ2v) is 7.73. The van der Waals surface area contributed by atoms with Crippen molar-refractivity contribution in [3.8, 4) is 0 Å². The van der Waals surface area contributed by atoms with E-state index in [1.165, 1.54) is 30.2 Å². The van der Waals surface area contributed by atoms with Gasteiger partial charge in [0.1, 0.15) is 5.01 Å². The topological polar surface area (TPSA) is 59.5 Å². The minimum absolute atomic E-state index is 0.0878. The third-order valence-electron chi connectivity index (χ3n) is 3.76. The van der Waals surface area contributed by atoms with E-state index >= 15 is 0 Å². The summed E-state index contributed by atoms with van der Waals surface area (Å²) >= 11 is 2.92. The highest BCUT2D eigenvalue weighted by atomic mass is 32.2. The van der Waals surface area contributed by atoms with Crippen LogP contribution >= 0.6 is 23.1 Å². The number of rotatable bonds is 10. The second-order valence-electron chi connectivity index (χ2n) is 5.74. The van der Waals surface area contributed by atoms with Crippen LogP contribution in [0.3, 0.4) is 0 Å². The van der Waals surface area contributed by atoms with Gasteiger partial charge in [-0.2, -0.15) is 0 Å². The molecule has 1 heterocycles. The molecule has 1 amide bonds. The highest BCUT2D eigenvalue weighted by Gasteiger charge is 2.17. The first-order chi connectivity index (χ1) is 12.6. The molecule has 0 saturated heterocycles. The molecule has 0 fully saturated rings. The molecule has 0 N–H and O–H groups in total. The zero-order valence-electron chi connectivity index (χ0n) is 15.1. The number of thiazole rings is 1. The molecule has 7 heteroatoms. The number of carbonyl (C=O) groups excluding carboxylic acids is 2. The van der Waals surface area contributed by atoms with Gasteiger partial charge in [0.2, 0.25) is 5.91 Å². The number of carbonyl (C=O) groups is 2. The van der Waals surface area contributed by atoms with Crippen molar-refractivity contribution in [2.75, 3.05) is 19.4 Å². The van der Waals surface area contributed by atoms with Crippen molar-refractivity contribution in [1.29, 1.82) is 0 Å². The van der Waals surface area contributed by atoms with E-state index in [0.717, 1.165) is 29.2 Å². The molecule has 0 atom stereocenters. The summed E-state index contributed by atoms with van der Waals surface area (Å²) in [5, 5.41) is 2.43. The first kappa shape index (κ1) is 20.5. The molecule has 2 aromatic rings. The monoisotopic (exact) mass is 392 g/mol. The van der Waals surface area contributed by atoms with Crippen molar-refractivity contribution in [3.05, 3.63) is 46.4 Å². The molecule has 0 bridgehead atoms. The second kappa shape index (κ2) is 11.0. The van der Waals surface area contributed by atoms with Crippen LogP contribution in [0.1, 0.15) is 41.7 Å². The van der Waals surface area contributed by atoms with Crippen molar-refractivity contribution in [2.45, 2.75) is 37.6 Å². The first-order valence-corrected chi connectivity index (χ1v) is 10.5. The van der Waals surface area contributed by atoms with Crippen LogP contribution in [0.2, 0.25) is 0 Å². The van der Waals surface area contributed by atoms with E-state index in [0.29, 0.717) is 24.5 Å². The van der Waals surface area contributed by atoms with Crippen molar-refractivity contribution in [3.63, 3.8) is 0 Å². The average molecular weight is 393 g/mol. The van der Waals surface area contributed by atoms with Gasteiger partial charge in [-0.05, 0) is 18.6 Å². The number of methoxy groups -OCH3 is 1. The Kier molecular flexibility index (Phi) is 8.64. The number of amides is 1. The Morgan fingerprint density at radius 2 is 2.00 bits per heavy atom. The van der Waals surface area contributed by atoms with E-state index in [1.54, 1.807) is 5.38 Å². The fourth-order valence-corrected chi connectivity index (χ4v) is 3.94. The molecule has 0 aliphatic carbocycles. The molecule has 1 aromatic carbocycles. The maximum atomic E-state index is 12.7. The SMILES string of the molecule is CCCCCN(Cc1nc(C(=O)OC)cs1)C(=O)CSc1ccccc1. The number of benzene rings is 1. The Morgan fingerprint density at radius 3 is 2.69 bits per heavy atom. The summed E-state index contributed by atoms with van der Waals surface area (Å²) < 4.78 is 4.69. The zero-order valence-corrected chi connectivity index (χ0v) is 16.8. The Bertz CT molecular complexity index is 704. The van der Waals surface area contributed by atoms with E-state index in [-0.39, 0.29) is 5.91 Å². The summed E-state index contributed by atoms with van der Waals surface area (Å²) in [6.07, 6.45) is 3.15. The summed E-state index contributed by atoms with van der Waals surface area (Å²) in [5.41, 5.74) is 0.298. The lowest BCUT2D eigenvalue weighted by Gasteiger charge is -2.21. The van der Waals surface area contributed by atoms with Crippen LogP contribution in [0.25, 0.3) is 0 Å². The highest BCUT2D eigenvalue weighted by Crippen LogP contribution is 2.19. The van der Waals surface area contributed by atoms with Crippen LogP contribution in [-0.4, -0.2) is 41.2 Å². The molecule has 0 spiro atoms. The van der Waals surface area contributed by atoms with E-state index in [4.69, 9.17) is 4.74 Å². The van der Waals surface area contributed by atoms with Gasteiger partial charge in [0, 0.05) is 16.8 Å². The first-order valence-electron chi connectivity index (χ1n) is 8.62. The molecular weight excluding hydrogens is 368 g/mol. The number of aromatic nitrogens is 1. The van der Waals surface area contributed by atoms with Gasteiger partial charge in [0.15, 0.2) is 5.69 Å². The summed E-state index contributed by atoms with van der Waals surface area (Å²) in [5.74, 6) is 0.0338. The predicted octanol–water partition coefficient (Wildman–Crippen LogP) is 4.24. The molecule has 0 aliphatic heterocycles. The molecule has 0 unspecified atom stereocenters. The average Bonchev–Trinajstić information content (AvgIpc) is 3.14. The van der Waals surface area contributed by atoms with Gasteiger partial charge in [-0.25, -0.2) is 9.78 Å². The standard InChI is InChI=1S/C19H24N2O3S2/c1-3-4-8-11-21(12-17-20-16(13-26-17)19(23)24-2)18(22)14-25-15-9-6-5-7-10-15/h5-7,9-10,13H,3-4,8,11-12,14H2,1-2H3. The molecular formula is C19H24N2O3S2. The fourth-order valence-electron chi connectivity index (χ4n) is 2.34. The van der Waals surface area contributed by atoms with Gasteiger partial charge >= 0.3 is 5.97 Å². The fraction of sp³-hybridized carbons (Fsp3) is 0.421. The van der Waals surface area contributed by atoms with E-state index < -0.39 is 5.97 Å². The van der Waals surface area contributed by atoms with Crippen LogP contribution in [0, 0.1) is 0 Å². The van der Waals surface area contributed by atoms with Gasteiger partial charge in [-0.15, -0.1) is 23.1 Å². The third-order valence-corrected chi connectivity index (χ3v) is 5.59. The maximum Gasteiger partial charge on any atom is 0.357 e. The number of ether oxygens (including phenoxy) is 1. The quantitative estimate of drug-likeness (QED) is 0.344. The maximum absolute atomic E-state index is 12.7. The van der Waals surface area contributed by atoms with Gasteiger partial charge in [0.05, 0.1) is 19.4 Å². The summed E-state index contributed by atoms with van der Waals surface area (Å²) in [6.45, 7) is 3.27. The zero-order chi connectivity index (χ0) is 18.8. The summed E-state index contributed by atoms with van der Waals surface area (Å²) in [7, 11) is 1.34. The summed E-state index contributed by atoms with van der Waals surface area (Å²) in [4.78, 5) is 31.5. The van der Waals surface area contributed by atoms with Gasteiger partial charge in [-0.3, -0.25) is 4.79 Å². The van der Waals surface area contributed by atoms with Crippen LogP contribution in [0.15, 0.2) is 40.6 Å². The number of thioether (sulfide) groups is 1. The van der Waals surface area contributed by atoms with Crippen LogP contribution in [0.4, 0.5) is 0 Å². The minimum atomic E-state index is -0.448. The van der Waals surface area contributed by atoms with Crippen LogP contribution in [-0.2, 0) is 16.1 Å². The molecule has 5 nitrogen and oxygen atoms in total. The van der Waals surface area contributed by atoms with Gasteiger partial charge in [0.25, 0.3) is 0 Å². The Hall–Kier alpha value is -1.86. The van der Waals surface area contributed by atoms with Gasteiger partial charge < -0.3 is 9.64 Å². The number of nitrogens with zero attached hydrogens (tertiary/aromatic N) is 2. The van der Waals surface area contributed by atoms with Crippen molar-refractivity contribution in [1.82, 2.24) is 9.88 Å². The van der Waals surface area contributed by atoms with Crippen LogP contribution in [0.5, 0.6) is 0 Å². The number of esters is 1. The predicted molar refractivity (Wildman–Crippen MR) is 106 cm³/mol. The van der Waals surface area contributed by atoms with E-state index in [9.17, 15) is 9.59 Å². The lowest BCUT2D eigenvalue weighted by atomic mass is 10.2. The number of hydrogen-bond acceptors (Lipinski definition) is 6. The Labute approximate surface area is 162 Å². The molecule has 1 aromatic heterocycles. The number of unbranched alkanes of at least 4 members (excludes halogenated alkanes) is 2. The molecule has 26 heavy (non-hydrogen) atoms. The smallest absolute Gasteiger partial charge is 0.357 e. The van der Waals surface area contributed by atoms with Crippen molar-refractivity contribution < 1.29 is 14.3 Å².